The van der Waals surface area contributed by atoms with Crippen LogP contribution in [0.4, 0.5) is 8.78 Å². The number of allylic oxidation sites excluding steroid dienone is 1. The molecule has 2 atom stereocenters. The van der Waals surface area contributed by atoms with Crippen LogP contribution in [0.15, 0.2) is 36.2 Å². The molecule has 3 N–H and O–H groups in total. The number of aromatic nitrogens is 3. The van der Waals surface area contributed by atoms with Gasteiger partial charge in [-0.2, -0.15) is 5.10 Å². The smallest absolute Gasteiger partial charge is 0.280 e. The molecule has 3 aromatic rings. The molecule has 0 saturated carbocycles. The maximum Gasteiger partial charge on any atom is 0.280 e. The number of fused-ring (bicyclic) bond motifs is 1. The maximum absolute atomic E-state index is 14.5. The van der Waals surface area contributed by atoms with Gasteiger partial charge in [0.05, 0.1) is 22.3 Å². The third kappa shape index (κ3) is 4.83. The Morgan fingerprint density at radius 3 is 2.74 bits per heavy atom. The molecule has 0 unspecified atom stereocenters. The summed E-state index contributed by atoms with van der Waals surface area (Å²) >= 11 is 1.16. The molecule has 6 nitrogen and oxygen atoms in total. The molecule has 0 bridgehead atoms. The summed E-state index contributed by atoms with van der Waals surface area (Å²) in [5, 5.41) is 6.89. The lowest BCUT2D eigenvalue weighted by Crippen LogP contribution is -2.57. The van der Waals surface area contributed by atoms with E-state index >= 15 is 0 Å². The van der Waals surface area contributed by atoms with Crippen LogP contribution in [0, 0.1) is 0 Å². The van der Waals surface area contributed by atoms with Gasteiger partial charge in [-0.25, -0.2) is 18.3 Å². The van der Waals surface area contributed by atoms with Crippen LogP contribution in [0.25, 0.3) is 22.9 Å². The van der Waals surface area contributed by atoms with Crippen molar-refractivity contribution in [2.24, 2.45) is 5.73 Å². The zero-order valence-corrected chi connectivity index (χ0v) is 18.8. The first-order valence-corrected chi connectivity index (χ1v) is 11.0. The van der Waals surface area contributed by atoms with Gasteiger partial charge in [-0.05, 0) is 38.5 Å². The van der Waals surface area contributed by atoms with Crippen LogP contribution in [0.2, 0.25) is 0 Å². The number of carbonyl (C=O) groups is 1. The predicted octanol–water partition coefficient (Wildman–Crippen LogP) is 4.76. The van der Waals surface area contributed by atoms with Gasteiger partial charge >= 0.3 is 0 Å². The molecule has 0 spiro atoms. The molecule has 0 fully saturated rings. The molecule has 3 heterocycles. The first kappa shape index (κ1) is 23.0. The largest absolute Gasteiger partial charge is 0.340 e. The Kier molecular flexibility index (Phi) is 6.86. The van der Waals surface area contributed by atoms with Crippen molar-refractivity contribution in [3.05, 3.63) is 46.1 Å². The van der Waals surface area contributed by atoms with Crippen molar-refractivity contribution in [1.82, 2.24) is 19.9 Å². The average Bonchev–Trinajstić information content (AvgIpc) is 3.34. The Bertz CT molecular complexity index is 1100. The third-order valence-corrected chi connectivity index (χ3v) is 6.06. The van der Waals surface area contributed by atoms with Crippen LogP contribution in [0.1, 0.15) is 55.2 Å². The summed E-state index contributed by atoms with van der Waals surface area (Å²) < 4.78 is 30.6. The molecule has 31 heavy (non-hydrogen) atoms. The van der Waals surface area contributed by atoms with E-state index in [-0.39, 0.29) is 5.01 Å². The lowest BCUT2D eigenvalue weighted by molar-refractivity contribution is -0.0460. The Hall–Kier alpha value is -2.65. The molecule has 0 aromatic carbocycles. The number of amides is 1. The standard InChI is InChI=1S/C22H27F2N5OS/c1-5-15(25)19(22(23,24)6-2)28-20(30)21-27-18(17(31-21)11-13(3)4)14-12-26-29-10-8-7-9-16(14)29/h7-12,15,19H,5-6,25H2,1-4H3,(H,28,30)/t15-,19-/m1/s1. The summed E-state index contributed by atoms with van der Waals surface area (Å²) in [7, 11) is 0. The molecule has 9 heteroatoms. The minimum atomic E-state index is -3.11. The second-order valence-electron chi connectivity index (χ2n) is 7.68. The molecule has 1 amide bonds. The zero-order chi connectivity index (χ0) is 22.8. The highest BCUT2D eigenvalue weighted by molar-refractivity contribution is 7.15. The Morgan fingerprint density at radius 1 is 1.35 bits per heavy atom. The van der Waals surface area contributed by atoms with Gasteiger partial charge in [-0.1, -0.05) is 25.5 Å². The number of pyridine rings is 1. The van der Waals surface area contributed by atoms with Gasteiger partial charge in [0, 0.05) is 24.2 Å². The number of hydrogen-bond acceptors (Lipinski definition) is 5. The van der Waals surface area contributed by atoms with E-state index in [2.05, 4.69) is 15.4 Å². The topological polar surface area (TPSA) is 85.3 Å². The van der Waals surface area contributed by atoms with Crippen LogP contribution >= 0.6 is 11.3 Å². The molecular formula is C22H27F2N5OS. The van der Waals surface area contributed by atoms with Crippen molar-refractivity contribution < 1.29 is 13.6 Å². The first-order valence-electron chi connectivity index (χ1n) is 10.2. The fourth-order valence-electron chi connectivity index (χ4n) is 3.28. The minimum absolute atomic E-state index is 0.109. The average molecular weight is 448 g/mol. The van der Waals surface area contributed by atoms with Gasteiger partial charge in [-0.15, -0.1) is 11.3 Å². The summed E-state index contributed by atoms with van der Waals surface area (Å²) in [6.45, 7) is 6.98. The van der Waals surface area contributed by atoms with E-state index in [9.17, 15) is 13.6 Å². The number of alkyl halides is 2. The monoisotopic (exact) mass is 447 g/mol. The molecule has 0 aliphatic carbocycles. The van der Waals surface area contributed by atoms with Crippen LogP contribution in [0.5, 0.6) is 0 Å². The van der Waals surface area contributed by atoms with Crippen molar-refractivity contribution in [3.63, 3.8) is 0 Å². The summed E-state index contributed by atoms with van der Waals surface area (Å²) in [6, 6.07) is 3.34. The highest BCUT2D eigenvalue weighted by Gasteiger charge is 2.42. The first-order chi connectivity index (χ1) is 14.7. The summed E-state index contributed by atoms with van der Waals surface area (Å²) in [5.41, 5.74) is 9.14. The van der Waals surface area contributed by atoms with Gasteiger partial charge in [-0.3, -0.25) is 4.79 Å². The molecule has 3 aromatic heterocycles. The molecule has 3 rings (SSSR count). The number of rotatable bonds is 8. The van der Waals surface area contributed by atoms with E-state index in [0.717, 1.165) is 32.9 Å². The molecule has 0 aliphatic heterocycles. The van der Waals surface area contributed by atoms with Crippen molar-refractivity contribution in [1.29, 1.82) is 0 Å². The van der Waals surface area contributed by atoms with E-state index in [0.29, 0.717) is 12.1 Å². The van der Waals surface area contributed by atoms with Crippen LogP contribution in [-0.4, -0.2) is 38.5 Å². The van der Waals surface area contributed by atoms with E-state index < -0.39 is 30.3 Å². The highest BCUT2D eigenvalue weighted by atomic mass is 32.1. The molecule has 0 radical (unpaired) electrons. The lowest BCUT2D eigenvalue weighted by atomic mass is 9.98. The third-order valence-electron chi connectivity index (χ3n) is 5.06. The highest BCUT2D eigenvalue weighted by Crippen LogP contribution is 2.33. The van der Waals surface area contributed by atoms with Crippen molar-refractivity contribution >= 4 is 28.8 Å². The Labute approximate surface area is 184 Å². The van der Waals surface area contributed by atoms with E-state index in [1.807, 2.05) is 44.3 Å². The van der Waals surface area contributed by atoms with Gasteiger partial charge < -0.3 is 11.1 Å². The zero-order valence-electron chi connectivity index (χ0n) is 18.0. The van der Waals surface area contributed by atoms with Gasteiger partial charge in [0.2, 0.25) is 0 Å². The SMILES string of the molecule is CC[C@@H](N)[C@@H](NC(=O)c1nc(-c2cnn3ccccc23)c(C=C(C)C)s1)C(F)(F)CC. The number of nitrogens with zero attached hydrogens (tertiary/aromatic N) is 3. The van der Waals surface area contributed by atoms with Crippen LogP contribution in [0.3, 0.4) is 0 Å². The quantitative estimate of drug-likeness (QED) is 0.521. The summed E-state index contributed by atoms with van der Waals surface area (Å²) in [5.74, 6) is -3.77. The van der Waals surface area contributed by atoms with Crippen molar-refractivity contribution in [2.45, 2.75) is 58.5 Å². The molecular weight excluding hydrogens is 420 g/mol. The summed E-state index contributed by atoms with van der Waals surface area (Å²) in [6.07, 6.45) is 5.33. The van der Waals surface area contributed by atoms with Crippen molar-refractivity contribution in [2.75, 3.05) is 0 Å². The number of thiazole rings is 1. The normalized spacial score (nSPS) is 13.8. The Morgan fingerprint density at radius 2 is 2.10 bits per heavy atom. The minimum Gasteiger partial charge on any atom is -0.340 e. The number of halogens is 2. The number of hydrogen-bond donors (Lipinski definition) is 2. The summed E-state index contributed by atoms with van der Waals surface area (Å²) in [4.78, 5) is 18.2. The predicted molar refractivity (Wildman–Crippen MR) is 120 cm³/mol. The second kappa shape index (κ2) is 9.23. The van der Waals surface area contributed by atoms with E-state index in [1.165, 1.54) is 6.92 Å². The lowest BCUT2D eigenvalue weighted by Gasteiger charge is -2.30. The molecule has 166 valence electrons. The molecule has 0 aliphatic rings. The van der Waals surface area contributed by atoms with Gasteiger partial charge in [0.15, 0.2) is 5.01 Å². The number of nitrogens with two attached hydrogens (primary N) is 1. The number of carbonyl (C=O) groups excluding carboxylic acids is 1. The fourth-order valence-corrected chi connectivity index (χ4v) is 4.33. The van der Waals surface area contributed by atoms with Gasteiger partial charge in [0.25, 0.3) is 11.8 Å². The molecule has 0 saturated heterocycles. The van der Waals surface area contributed by atoms with Crippen LogP contribution < -0.4 is 11.1 Å². The van der Waals surface area contributed by atoms with E-state index in [4.69, 9.17) is 5.73 Å². The fraction of sp³-hybridized carbons (Fsp3) is 0.409. The maximum atomic E-state index is 14.5. The number of nitrogens with one attached hydrogen (secondary N) is 1. The van der Waals surface area contributed by atoms with Crippen LogP contribution in [-0.2, 0) is 0 Å². The Balaban J connectivity index is 2.02. The van der Waals surface area contributed by atoms with Gasteiger partial charge in [0.1, 0.15) is 6.04 Å². The van der Waals surface area contributed by atoms with E-state index in [1.54, 1.807) is 17.6 Å². The second-order valence-corrected chi connectivity index (χ2v) is 8.71. The van der Waals surface area contributed by atoms with Crippen molar-refractivity contribution in [3.8, 4) is 11.3 Å².